The Morgan fingerprint density at radius 2 is 1.64 bits per heavy atom. The van der Waals surface area contributed by atoms with E-state index in [1.165, 1.54) is 0 Å². The van der Waals surface area contributed by atoms with Crippen molar-refractivity contribution in [1.82, 2.24) is 0 Å². The topological polar surface area (TPSA) is 21.6 Å². The number of ether oxygens (including phenoxy) is 1. The van der Waals surface area contributed by atoms with Crippen molar-refractivity contribution >= 4 is 6.40 Å². The summed E-state index contributed by atoms with van der Waals surface area (Å²) in [6.45, 7) is 14.5. The number of nitrogens with zero attached hydrogens (tertiary/aromatic N) is 1. The minimum Gasteiger partial charge on any atom is -0.481 e. The predicted octanol–water partition coefficient (Wildman–Crippen LogP) is 3.12. The fraction of sp³-hybridized carbons (Fsp3) is 0.917. The third-order valence-corrected chi connectivity index (χ3v) is 2.84. The summed E-state index contributed by atoms with van der Waals surface area (Å²) in [7, 11) is 0. The minimum absolute atomic E-state index is 0.272. The summed E-state index contributed by atoms with van der Waals surface area (Å²) in [6.07, 6.45) is 1.61. The molecule has 0 aromatic carbocycles. The largest absolute Gasteiger partial charge is 0.481 e. The summed E-state index contributed by atoms with van der Waals surface area (Å²) in [5.74, 6) is 0.550. The summed E-state index contributed by atoms with van der Waals surface area (Å²) in [5, 5.41) is 0. The Morgan fingerprint density at radius 3 is 1.93 bits per heavy atom. The van der Waals surface area contributed by atoms with Crippen LogP contribution in [0.3, 0.4) is 0 Å². The van der Waals surface area contributed by atoms with Crippen LogP contribution in [-0.2, 0) is 4.74 Å². The highest BCUT2D eigenvalue weighted by Gasteiger charge is 2.41. The molecule has 0 amide bonds. The van der Waals surface area contributed by atoms with Gasteiger partial charge in [-0.1, -0.05) is 41.5 Å². The molecule has 0 radical (unpaired) electrons. The lowest BCUT2D eigenvalue weighted by atomic mass is 9.63. The van der Waals surface area contributed by atoms with Gasteiger partial charge in [0.05, 0.1) is 6.04 Å². The molecular weight excluding hydrogens is 174 g/mol. The lowest BCUT2D eigenvalue weighted by molar-refractivity contribution is 0.0660. The molecule has 0 aromatic heterocycles. The molecule has 2 nitrogen and oxygen atoms in total. The Bertz CT molecular complexity index is 205. The van der Waals surface area contributed by atoms with Gasteiger partial charge in [-0.2, -0.15) is 0 Å². The van der Waals surface area contributed by atoms with Crippen LogP contribution in [0.2, 0.25) is 0 Å². The van der Waals surface area contributed by atoms with Crippen molar-refractivity contribution in [2.75, 3.05) is 6.61 Å². The van der Waals surface area contributed by atoms with Crippen molar-refractivity contribution in [3.63, 3.8) is 0 Å². The van der Waals surface area contributed by atoms with Gasteiger partial charge >= 0.3 is 0 Å². The van der Waals surface area contributed by atoms with Crippen molar-refractivity contribution in [3.05, 3.63) is 0 Å². The van der Waals surface area contributed by atoms with Crippen LogP contribution < -0.4 is 0 Å². The first-order valence-electron chi connectivity index (χ1n) is 5.36. The van der Waals surface area contributed by atoms with Crippen LogP contribution in [-0.4, -0.2) is 19.0 Å². The van der Waals surface area contributed by atoms with Gasteiger partial charge in [-0.25, -0.2) is 0 Å². The molecule has 0 fully saturated rings. The Labute approximate surface area is 87.8 Å². The molecule has 0 N–H and O–H groups in total. The summed E-state index contributed by atoms with van der Waals surface area (Å²) in [5.41, 5.74) is 0.544. The van der Waals surface area contributed by atoms with Crippen molar-refractivity contribution in [1.29, 1.82) is 0 Å². The van der Waals surface area contributed by atoms with Crippen LogP contribution >= 0.6 is 0 Å². The van der Waals surface area contributed by atoms with E-state index in [4.69, 9.17) is 4.74 Å². The van der Waals surface area contributed by atoms with Crippen molar-refractivity contribution < 1.29 is 4.74 Å². The highest BCUT2D eigenvalue weighted by atomic mass is 16.5. The molecule has 1 rings (SSSR count). The zero-order chi connectivity index (χ0) is 11.0. The van der Waals surface area contributed by atoms with E-state index in [2.05, 4.69) is 46.5 Å². The molecule has 1 heterocycles. The lowest BCUT2D eigenvalue weighted by Crippen LogP contribution is -2.41. The SMILES string of the molecule is CC(C)(C)C(C1COC=N1)C(C)(C)C. The van der Waals surface area contributed by atoms with Gasteiger partial charge in [0, 0.05) is 0 Å². The van der Waals surface area contributed by atoms with E-state index in [-0.39, 0.29) is 10.8 Å². The molecule has 82 valence electrons. The third-order valence-electron chi connectivity index (χ3n) is 2.84. The van der Waals surface area contributed by atoms with E-state index in [1.54, 1.807) is 6.40 Å². The lowest BCUT2D eigenvalue weighted by Gasteiger charge is -2.42. The number of aliphatic imine (C=N–C) groups is 1. The van der Waals surface area contributed by atoms with Crippen molar-refractivity contribution in [2.45, 2.75) is 47.6 Å². The second kappa shape index (κ2) is 3.56. The zero-order valence-corrected chi connectivity index (χ0v) is 10.3. The molecule has 0 aromatic rings. The third kappa shape index (κ3) is 2.49. The fourth-order valence-corrected chi connectivity index (χ4v) is 2.94. The van der Waals surface area contributed by atoms with Gasteiger partial charge < -0.3 is 4.74 Å². The fourth-order valence-electron chi connectivity index (χ4n) is 2.94. The van der Waals surface area contributed by atoms with Gasteiger partial charge in [-0.15, -0.1) is 0 Å². The molecule has 1 aliphatic rings. The van der Waals surface area contributed by atoms with Crippen LogP contribution in [0.5, 0.6) is 0 Å². The molecule has 0 bridgehead atoms. The van der Waals surface area contributed by atoms with E-state index in [9.17, 15) is 0 Å². The van der Waals surface area contributed by atoms with E-state index < -0.39 is 0 Å². The molecule has 0 spiro atoms. The summed E-state index contributed by atoms with van der Waals surface area (Å²) in [6, 6.07) is 0.329. The molecule has 1 aliphatic heterocycles. The Kier molecular flexibility index (Phi) is 2.93. The van der Waals surface area contributed by atoms with Crippen LogP contribution in [0.15, 0.2) is 4.99 Å². The molecule has 0 saturated heterocycles. The normalized spacial score (nSPS) is 22.9. The highest BCUT2D eigenvalue weighted by Crippen LogP contribution is 2.43. The van der Waals surface area contributed by atoms with Crippen molar-refractivity contribution in [3.8, 4) is 0 Å². The van der Waals surface area contributed by atoms with E-state index >= 15 is 0 Å². The van der Waals surface area contributed by atoms with Gasteiger partial charge in [-0.05, 0) is 16.7 Å². The van der Waals surface area contributed by atoms with Crippen LogP contribution in [0.25, 0.3) is 0 Å². The van der Waals surface area contributed by atoms with E-state index in [0.717, 1.165) is 6.61 Å². The minimum atomic E-state index is 0.272. The highest BCUT2D eigenvalue weighted by molar-refractivity contribution is 5.49. The molecule has 0 aliphatic carbocycles. The van der Waals surface area contributed by atoms with Gasteiger partial charge in [-0.3, -0.25) is 4.99 Å². The smallest absolute Gasteiger partial charge is 0.169 e. The zero-order valence-electron chi connectivity index (χ0n) is 10.3. The first-order chi connectivity index (χ1) is 6.23. The average Bonchev–Trinajstić information content (AvgIpc) is 2.31. The Morgan fingerprint density at radius 1 is 1.14 bits per heavy atom. The Balaban J connectivity index is 2.88. The monoisotopic (exact) mass is 197 g/mol. The quantitative estimate of drug-likeness (QED) is 0.633. The van der Waals surface area contributed by atoms with Gasteiger partial charge in [0.1, 0.15) is 6.61 Å². The van der Waals surface area contributed by atoms with Crippen LogP contribution in [0.1, 0.15) is 41.5 Å². The molecule has 1 atom stereocenters. The number of rotatable bonds is 1. The van der Waals surface area contributed by atoms with Crippen LogP contribution in [0.4, 0.5) is 0 Å². The molecule has 14 heavy (non-hydrogen) atoms. The maximum Gasteiger partial charge on any atom is 0.169 e. The second-order valence-corrected chi connectivity index (χ2v) is 6.36. The summed E-state index contributed by atoms with van der Waals surface area (Å²) < 4.78 is 5.24. The summed E-state index contributed by atoms with van der Waals surface area (Å²) in [4.78, 5) is 4.42. The van der Waals surface area contributed by atoms with Gasteiger partial charge in [0.2, 0.25) is 0 Å². The standard InChI is InChI=1S/C12H23NO/c1-11(2,3)10(12(4,5)6)9-7-14-8-13-9/h8-10H,7H2,1-6H3. The average molecular weight is 197 g/mol. The maximum absolute atomic E-state index is 5.24. The maximum atomic E-state index is 5.24. The molecule has 0 saturated carbocycles. The predicted molar refractivity (Wildman–Crippen MR) is 60.6 cm³/mol. The molecular formula is C12H23NO. The van der Waals surface area contributed by atoms with Gasteiger partial charge in [0.15, 0.2) is 6.40 Å². The van der Waals surface area contributed by atoms with E-state index in [1.807, 2.05) is 0 Å². The van der Waals surface area contributed by atoms with E-state index in [0.29, 0.717) is 12.0 Å². The molecule has 2 heteroatoms. The van der Waals surface area contributed by atoms with Crippen LogP contribution in [0, 0.1) is 16.7 Å². The first kappa shape index (κ1) is 11.5. The van der Waals surface area contributed by atoms with Gasteiger partial charge in [0.25, 0.3) is 0 Å². The number of hydrogen-bond acceptors (Lipinski definition) is 2. The molecule has 1 unspecified atom stereocenters. The van der Waals surface area contributed by atoms with Crippen molar-refractivity contribution in [2.24, 2.45) is 21.7 Å². The number of hydrogen-bond donors (Lipinski definition) is 0. The second-order valence-electron chi connectivity index (χ2n) is 6.36. The summed E-state index contributed by atoms with van der Waals surface area (Å²) >= 11 is 0. The first-order valence-corrected chi connectivity index (χ1v) is 5.36. The Hall–Kier alpha value is -0.530.